The molecule has 0 spiro atoms. The van der Waals surface area contributed by atoms with Gasteiger partial charge < -0.3 is 18.9 Å². The van der Waals surface area contributed by atoms with Crippen molar-refractivity contribution < 1.29 is 18.9 Å². The van der Waals surface area contributed by atoms with Gasteiger partial charge in [0.2, 0.25) is 0 Å². The van der Waals surface area contributed by atoms with Gasteiger partial charge in [0.05, 0.1) is 6.10 Å². The highest BCUT2D eigenvalue weighted by Gasteiger charge is 2.42. The Balaban J connectivity index is 1.88. The van der Waals surface area contributed by atoms with Crippen LogP contribution in [0.5, 0.6) is 5.75 Å². The van der Waals surface area contributed by atoms with Crippen molar-refractivity contribution >= 4 is 17.5 Å². The molecule has 0 aliphatic carbocycles. The largest absolute Gasteiger partial charge is 0.451 e. The van der Waals surface area contributed by atoms with Crippen LogP contribution >= 0.6 is 12.2 Å². The Morgan fingerprint density at radius 2 is 1.90 bits per heavy atom. The van der Waals surface area contributed by atoms with Crippen molar-refractivity contribution in [3.8, 4) is 5.75 Å². The molecule has 1 aliphatic rings. The molecule has 0 saturated carbocycles. The fourth-order valence-electron chi connectivity index (χ4n) is 2.27. The van der Waals surface area contributed by atoms with Crippen LogP contribution in [0.4, 0.5) is 0 Å². The Morgan fingerprint density at radius 3 is 2.45 bits per heavy atom. The number of para-hydroxylation sites is 1. The van der Waals surface area contributed by atoms with Crippen molar-refractivity contribution in [3.63, 3.8) is 0 Å². The van der Waals surface area contributed by atoms with E-state index in [0.29, 0.717) is 5.75 Å². The minimum Gasteiger partial charge on any atom is -0.451 e. The van der Waals surface area contributed by atoms with E-state index in [1.54, 1.807) is 0 Å². The zero-order chi connectivity index (χ0) is 14.8. The van der Waals surface area contributed by atoms with Crippen LogP contribution in [0.2, 0.25) is 0 Å². The molecule has 1 aromatic carbocycles. The maximum Gasteiger partial charge on any atom is 0.358 e. The summed E-state index contributed by atoms with van der Waals surface area (Å²) in [5, 5.41) is 0.0872. The van der Waals surface area contributed by atoms with Crippen LogP contribution in [-0.4, -0.2) is 29.3 Å². The molecule has 4 nitrogen and oxygen atoms in total. The third-order valence-corrected chi connectivity index (χ3v) is 3.22. The summed E-state index contributed by atoms with van der Waals surface area (Å²) in [7, 11) is 0. The predicted molar refractivity (Wildman–Crippen MR) is 79.7 cm³/mol. The fourth-order valence-corrected chi connectivity index (χ4v) is 2.52. The molecule has 0 radical (unpaired) electrons. The normalized spacial score (nSPS) is 26.0. The van der Waals surface area contributed by atoms with Gasteiger partial charge in [-0.3, -0.25) is 0 Å². The van der Waals surface area contributed by atoms with E-state index in [1.807, 2.05) is 58.0 Å². The molecule has 0 bridgehead atoms. The van der Waals surface area contributed by atoms with Gasteiger partial charge in [-0.05, 0) is 39.8 Å². The number of hydrogen-bond acceptors (Lipinski definition) is 5. The number of rotatable bonds is 3. The summed E-state index contributed by atoms with van der Waals surface area (Å²) in [6.45, 7) is 7.62. The minimum absolute atomic E-state index is 0.0560. The molecule has 0 aromatic heterocycles. The van der Waals surface area contributed by atoms with E-state index >= 15 is 0 Å². The molecule has 1 aromatic rings. The molecule has 110 valence electrons. The van der Waals surface area contributed by atoms with Gasteiger partial charge in [0.15, 0.2) is 5.79 Å². The highest BCUT2D eigenvalue weighted by molar-refractivity contribution is 7.79. The van der Waals surface area contributed by atoms with Gasteiger partial charge in [0, 0.05) is 12.2 Å². The molecule has 0 amide bonds. The summed E-state index contributed by atoms with van der Waals surface area (Å²) in [5.74, 6) is 0.0607. The monoisotopic (exact) mass is 296 g/mol. The van der Waals surface area contributed by atoms with Crippen molar-refractivity contribution in [2.24, 2.45) is 0 Å². The first-order valence-corrected chi connectivity index (χ1v) is 7.07. The van der Waals surface area contributed by atoms with E-state index in [0.717, 1.165) is 0 Å². The predicted octanol–water partition coefficient (Wildman–Crippen LogP) is 3.30. The Kier molecular flexibility index (Phi) is 4.62. The summed E-state index contributed by atoms with van der Waals surface area (Å²) in [6, 6.07) is 9.30. The van der Waals surface area contributed by atoms with Crippen molar-refractivity contribution in [3.05, 3.63) is 30.3 Å². The summed E-state index contributed by atoms with van der Waals surface area (Å²) >= 11 is 5.10. The molecule has 20 heavy (non-hydrogen) atoms. The van der Waals surface area contributed by atoms with Gasteiger partial charge >= 0.3 is 5.24 Å². The van der Waals surface area contributed by atoms with Crippen molar-refractivity contribution in [1.29, 1.82) is 0 Å². The van der Waals surface area contributed by atoms with Gasteiger partial charge in [-0.15, -0.1) is 0 Å². The smallest absolute Gasteiger partial charge is 0.358 e. The van der Waals surface area contributed by atoms with Crippen LogP contribution < -0.4 is 4.74 Å². The average molecular weight is 296 g/mol. The Bertz CT molecular complexity index is 460. The van der Waals surface area contributed by atoms with Gasteiger partial charge in [-0.1, -0.05) is 18.2 Å². The van der Waals surface area contributed by atoms with Crippen molar-refractivity contribution in [2.45, 2.75) is 51.8 Å². The van der Waals surface area contributed by atoms with Crippen LogP contribution in [0.15, 0.2) is 30.3 Å². The molecular formula is C15H20O4S. The van der Waals surface area contributed by atoms with E-state index < -0.39 is 5.79 Å². The quantitative estimate of drug-likeness (QED) is 0.800. The van der Waals surface area contributed by atoms with E-state index in [-0.39, 0.29) is 23.5 Å². The van der Waals surface area contributed by atoms with E-state index in [2.05, 4.69) is 0 Å². The van der Waals surface area contributed by atoms with Crippen LogP contribution in [0.1, 0.15) is 27.7 Å². The lowest BCUT2D eigenvalue weighted by Gasteiger charge is -2.23. The maximum atomic E-state index is 5.81. The summed E-state index contributed by atoms with van der Waals surface area (Å²) in [5.41, 5.74) is 0. The molecular weight excluding hydrogens is 276 g/mol. The molecule has 1 fully saturated rings. The van der Waals surface area contributed by atoms with Crippen LogP contribution in [0.25, 0.3) is 0 Å². The van der Waals surface area contributed by atoms with Crippen LogP contribution in [0, 0.1) is 0 Å². The minimum atomic E-state index is -0.594. The van der Waals surface area contributed by atoms with Crippen molar-refractivity contribution in [2.75, 3.05) is 0 Å². The Morgan fingerprint density at radius 1 is 1.25 bits per heavy atom. The van der Waals surface area contributed by atoms with Crippen molar-refractivity contribution in [1.82, 2.24) is 0 Å². The molecule has 3 atom stereocenters. The lowest BCUT2D eigenvalue weighted by molar-refractivity contribution is -0.152. The Labute approximate surface area is 125 Å². The molecule has 0 N–H and O–H groups in total. The highest BCUT2D eigenvalue weighted by atomic mass is 32.1. The van der Waals surface area contributed by atoms with E-state index in [4.69, 9.17) is 31.2 Å². The third-order valence-electron chi connectivity index (χ3n) is 3.04. The Hall–Kier alpha value is -1.17. The lowest BCUT2D eigenvalue weighted by Crippen LogP contribution is -2.36. The van der Waals surface area contributed by atoms with Gasteiger partial charge in [0.25, 0.3) is 0 Å². The average Bonchev–Trinajstić information content (AvgIpc) is 2.64. The standard InChI is InChI=1S/C15H20O4S/c1-10(13-11(2)18-15(3,4)19-13)16-14(20)17-12-8-6-5-7-9-12/h5-11,13H,1-4H3/t10?,11?,13-/m1/s1. The SMILES string of the molecule is CC(OC(=S)Oc1ccccc1)[C@H]1OC(C)(C)OC1C. The number of ether oxygens (including phenoxy) is 4. The topological polar surface area (TPSA) is 36.9 Å². The molecule has 1 heterocycles. The number of benzene rings is 1. The van der Waals surface area contributed by atoms with E-state index in [1.165, 1.54) is 0 Å². The van der Waals surface area contributed by atoms with Crippen LogP contribution in [-0.2, 0) is 14.2 Å². The third kappa shape index (κ3) is 3.91. The second kappa shape index (κ2) is 6.08. The molecule has 1 aliphatic heterocycles. The number of thiocarbonyl (C=S) groups is 1. The first-order chi connectivity index (χ1) is 9.37. The molecule has 1 saturated heterocycles. The zero-order valence-electron chi connectivity index (χ0n) is 12.2. The van der Waals surface area contributed by atoms with Gasteiger partial charge in [0.1, 0.15) is 18.0 Å². The molecule has 5 heteroatoms. The highest BCUT2D eigenvalue weighted by Crippen LogP contribution is 2.30. The van der Waals surface area contributed by atoms with Crippen LogP contribution in [0.3, 0.4) is 0 Å². The lowest BCUT2D eigenvalue weighted by atomic mass is 10.1. The second-order valence-corrected chi connectivity index (χ2v) is 5.63. The molecule has 2 rings (SSSR count). The molecule has 2 unspecified atom stereocenters. The second-order valence-electron chi connectivity index (χ2n) is 5.29. The zero-order valence-corrected chi connectivity index (χ0v) is 13.0. The van der Waals surface area contributed by atoms with E-state index in [9.17, 15) is 0 Å². The summed E-state index contributed by atoms with van der Waals surface area (Å²) in [4.78, 5) is 0. The van der Waals surface area contributed by atoms with Gasteiger partial charge in [-0.2, -0.15) is 0 Å². The fraction of sp³-hybridized carbons (Fsp3) is 0.533. The number of hydrogen-bond donors (Lipinski definition) is 0. The first-order valence-electron chi connectivity index (χ1n) is 6.66. The summed E-state index contributed by atoms with van der Waals surface area (Å²) in [6.07, 6.45) is -0.482. The summed E-state index contributed by atoms with van der Waals surface area (Å²) < 4.78 is 22.6. The van der Waals surface area contributed by atoms with Gasteiger partial charge in [-0.25, -0.2) is 0 Å². The maximum absolute atomic E-state index is 5.81. The first kappa shape index (κ1) is 15.2.